The number of carboxylic acids is 1. The van der Waals surface area contributed by atoms with Gasteiger partial charge in [-0.05, 0) is 0 Å². The van der Waals surface area contributed by atoms with Crippen LogP contribution in [0.15, 0.2) is 0 Å². The van der Waals surface area contributed by atoms with Gasteiger partial charge in [-0.25, -0.2) is 4.79 Å². The molecule has 0 saturated carbocycles. The molecule has 0 unspecified atom stereocenters. The summed E-state index contributed by atoms with van der Waals surface area (Å²) in [5.74, 6) is -52.8. The maximum Gasteiger partial charge on any atom is 2.00 e. The first-order chi connectivity index (χ1) is 10.4. The summed E-state index contributed by atoms with van der Waals surface area (Å²) in [6.07, 6.45) is -7.69. The van der Waals surface area contributed by atoms with Crippen LogP contribution < -0.4 is 0 Å². The van der Waals surface area contributed by atoms with Gasteiger partial charge in [0.1, 0.15) is 0 Å². The molecular weight excluding hydrogens is 453 g/mol. The fourth-order valence-electron chi connectivity index (χ4n) is 1.10. The molecule has 0 aliphatic heterocycles. The normalized spacial score (nSPS) is 15.5. The van der Waals surface area contributed by atoms with Crippen LogP contribution in [-0.4, -0.2) is 90.5 Å². The van der Waals surface area contributed by atoms with E-state index in [1.54, 1.807) is 0 Å². The van der Waals surface area contributed by atoms with Crippen LogP contribution in [0.25, 0.3) is 0 Å². The number of rotatable bonds is 6. The Morgan fingerprint density at radius 1 is 0.538 bits per heavy atom. The van der Waals surface area contributed by atoms with Crippen molar-refractivity contribution in [1.82, 2.24) is 0 Å². The summed E-state index contributed by atoms with van der Waals surface area (Å²) < 4.78 is 187. The summed E-state index contributed by atoms with van der Waals surface area (Å²) in [5, 5.41) is 7.57. The Morgan fingerprint density at radius 3 is 1.00 bits per heavy atom. The molecular formula is C8H3CaF15O2. The molecule has 0 aromatic carbocycles. The fourth-order valence-corrected chi connectivity index (χ4v) is 1.10. The second-order valence-electron chi connectivity index (χ2n) is 4.25. The molecule has 0 atom stereocenters. The zero-order valence-corrected chi connectivity index (χ0v) is 13.4. The van der Waals surface area contributed by atoms with Gasteiger partial charge in [-0.2, -0.15) is 65.9 Å². The van der Waals surface area contributed by atoms with Gasteiger partial charge in [-0.15, -0.1) is 0 Å². The van der Waals surface area contributed by atoms with E-state index < -0.39 is 47.7 Å². The Hall–Kier alpha value is -0.320. The Bertz CT molecular complexity index is 547. The number of aliphatic carboxylic acids is 1. The van der Waals surface area contributed by atoms with Gasteiger partial charge in [0.2, 0.25) is 0 Å². The van der Waals surface area contributed by atoms with Gasteiger partial charge < -0.3 is 7.96 Å². The molecule has 0 aromatic heterocycles. The van der Waals surface area contributed by atoms with Gasteiger partial charge >= 0.3 is 85.4 Å². The van der Waals surface area contributed by atoms with E-state index in [0.717, 1.165) is 0 Å². The Balaban J connectivity index is -0.000000960. The largest absolute Gasteiger partial charge is 2.00 e. The first kappa shape index (κ1) is 27.9. The number of carbonyl (C=O) groups is 1. The molecule has 0 aliphatic carbocycles. The molecule has 18 heteroatoms. The second-order valence-corrected chi connectivity index (χ2v) is 4.25. The number of carboxylic acid groups (broad SMARTS) is 1. The van der Waals surface area contributed by atoms with E-state index in [0.29, 0.717) is 0 Å². The van der Waals surface area contributed by atoms with Gasteiger partial charge in [0.05, 0.1) is 0 Å². The van der Waals surface area contributed by atoms with Crippen LogP contribution in [0.4, 0.5) is 65.9 Å². The molecule has 0 aliphatic rings. The van der Waals surface area contributed by atoms with Gasteiger partial charge in [-0.1, -0.05) is 0 Å². The van der Waals surface area contributed by atoms with Gasteiger partial charge in [0.25, 0.3) is 0 Å². The maximum absolute atomic E-state index is 12.8. The van der Waals surface area contributed by atoms with E-state index in [1.165, 1.54) is 0 Å². The first-order valence-corrected chi connectivity index (χ1v) is 5.01. The number of alkyl halides is 15. The van der Waals surface area contributed by atoms with Crippen LogP contribution in [0.3, 0.4) is 0 Å². The predicted molar refractivity (Wildman–Crippen MR) is 51.4 cm³/mol. The van der Waals surface area contributed by atoms with Crippen LogP contribution in [0.5, 0.6) is 0 Å². The monoisotopic (exact) mass is 456 g/mol. The van der Waals surface area contributed by atoms with Crippen molar-refractivity contribution in [2.45, 2.75) is 41.7 Å². The van der Waals surface area contributed by atoms with Gasteiger partial charge in [0.15, 0.2) is 0 Å². The summed E-state index contributed by atoms with van der Waals surface area (Å²) in [6.45, 7) is 0. The minimum Gasteiger partial charge on any atom is -1.00 e. The molecule has 26 heavy (non-hydrogen) atoms. The average molecular weight is 456 g/mol. The molecule has 0 amide bonds. The number of hydrogen-bond acceptors (Lipinski definition) is 1. The molecule has 0 heterocycles. The fraction of sp³-hybridized carbons (Fsp3) is 0.875. The van der Waals surface area contributed by atoms with E-state index >= 15 is 0 Å². The SMILES string of the molecule is O=C(O)C(F)(F)C(F)(F)C(F)(F)C(F)(F)C(F)(F)C(F)(F)C(F)(F)F.[Ca+2].[H-].[H-]. The summed E-state index contributed by atoms with van der Waals surface area (Å²) >= 11 is 0. The van der Waals surface area contributed by atoms with Crippen molar-refractivity contribution in [3.63, 3.8) is 0 Å². The van der Waals surface area contributed by atoms with Crippen LogP contribution in [-0.2, 0) is 4.79 Å². The van der Waals surface area contributed by atoms with Crippen molar-refractivity contribution >= 4 is 43.7 Å². The molecule has 0 fully saturated rings. The molecule has 2 nitrogen and oxygen atoms in total. The third kappa shape index (κ3) is 3.42. The summed E-state index contributed by atoms with van der Waals surface area (Å²) in [4.78, 5) is 9.72. The minimum atomic E-state index is -8.47. The summed E-state index contributed by atoms with van der Waals surface area (Å²) in [6, 6.07) is 0. The molecule has 154 valence electrons. The van der Waals surface area contributed by atoms with Crippen molar-refractivity contribution in [2.24, 2.45) is 0 Å². The van der Waals surface area contributed by atoms with Crippen molar-refractivity contribution in [1.29, 1.82) is 0 Å². The van der Waals surface area contributed by atoms with Crippen LogP contribution >= 0.6 is 0 Å². The number of hydrogen-bond donors (Lipinski definition) is 1. The Labute approximate surface area is 164 Å². The zero-order valence-electron chi connectivity index (χ0n) is 13.2. The van der Waals surface area contributed by atoms with Gasteiger partial charge in [0, 0.05) is 0 Å². The standard InChI is InChI=1S/C8HF15O2.Ca.2H/c9-2(10,1(24)25)3(11,12)4(13,14)5(15,16)6(17,18)7(19,20)8(21,22)23;;;/h(H,24,25);;;/q;+2;2*-1. The Kier molecular flexibility index (Phi) is 7.44. The zero-order chi connectivity index (χ0) is 21.1. The third-order valence-corrected chi connectivity index (χ3v) is 2.60. The smallest absolute Gasteiger partial charge is 1.00 e. The van der Waals surface area contributed by atoms with Gasteiger partial charge in [-0.3, -0.25) is 0 Å². The molecule has 0 bridgehead atoms. The van der Waals surface area contributed by atoms with E-state index in [-0.39, 0.29) is 40.6 Å². The van der Waals surface area contributed by atoms with E-state index in [2.05, 4.69) is 0 Å². The molecule has 0 radical (unpaired) electrons. The average Bonchev–Trinajstić information content (AvgIpc) is 2.35. The minimum absolute atomic E-state index is 0. The van der Waals surface area contributed by atoms with Crippen molar-refractivity contribution in [2.75, 3.05) is 0 Å². The van der Waals surface area contributed by atoms with Crippen LogP contribution in [0.1, 0.15) is 2.85 Å². The topological polar surface area (TPSA) is 37.3 Å². The molecule has 0 rings (SSSR count). The van der Waals surface area contributed by atoms with Crippen molar-refractivity contribution in [3.05, 3.63) is 0 Å². The van der Waals surface area contributed by atoms with Crippen molar-refractivity contribution < 1.29 is 78.6 Å². The maximum atomic E-state index is 12.8. The molecule has 1 N–H and O–H groups in total. The third-order valence-electron chi connectivity index (χ3n) is 2.60. The second kappa shape index (κ2) is 6.93. The van der Waals surface area contributed by atoms with Crippen LogP contribution in [0, 0.1) is 0 Å². The molecule has 0 saturated heterocycles. The van der Waals surface area contributed by atoms with E-state index in [9.17, 15) is 70.7 Å². The first-order valence-electron chi connectivity index (χ1n) is 5.01. The van der Waals surface area contributed by atoms with Crippen molar-refractivity contribution in [3.8, 4) is 0 Å². The van der Waals surface area contributed by atoms with Crippen LogP contribution in [0.2, 0.25) is 0 Å². The summed E-state index contributed by atoms with van der Waals surface area (Å²) in [5.41, 5.74) is 0. The van der Waals surface area contributed by atoms with E-state index in [4.69, 9.17) is 5.11 Å². The molecule has 0 spiro atoms. The quantitative estimate of drug-likeness (QED) is 0.479. The van der Waals surface area contributed by atoms with E-state index in [1.807, 2.05) is 0 Å². The molecule has 0 aromatic rings. The Morgan fingerprint density at radius 2 is 0.769 bits per heavy atom. The summed E-state index contributed by atoms with van der Waals surface area (Å²) in [7, 11) is 0. The predicted octanol–water partition coefficient (Wildman–Crippen LogP) is 4.29. The number of halogens is 15.